The van der Waals surface area contributed by atoms with Crippen molar-refractivity contribution in [2.45, 2.75) is 129 Å². The van der Waals surface area contributed by atoms with Crippen molar-refractivity contribution in [3.8, 4) is 0 Å². The number of aliphatic carboxylic acids is 1. The highest BCUT2D eigenvalue weighted by Gasteiger charge is 2.13. The lowest BCUT2D eigenvalue weighted by Gasteiger charge is -2.04. The van der Waals surface area contributed by atoms with E-state index in [0.717, 1.165) is 12.8 Å². The monoisotopic (exact) mass is 344 g/mol. The molecule has 0 bridgehead atoms. The number of unbranched alkanes of at least 4 members (excludes halogenated alkanes) is 16. The first-order valence-electron chi connectivity index (χ1n) is 10.5. The van der Waals surface area contributed by atoms with Gasteiger partial charge >= 0.3 is 5.97 Å². The summed E-state index contributed by atoms with van der Waals surface area (Å²) in [4.78, 5) is 10.3. The highest BCUT2D eigenvalue weighted by Crippen LogP contribution is 2.14. The first-order chi connectivity index (χ1) is 11.7. The fourth-order valence-corrected chi connectivity index (χ4v) is 3.17. The molecule has 0 aromatic rings. The summed E-state index contributed by atoms with van der Waals surface area (Å²) < 4.78 is 12.8. The van der Waals surface area contributed by atoms with E-state index in [1.807, 2.05) is 0 Å². The molecule has 0 spiro atoms. The van der Waals surface area contributed by atoms with Crippen molar-refractivity contribution >= 4 is 5.97 Å². The zero-order valence-corrected chi connectivity index (χ0v) is 16.0. The van der Waals surface area contributed by atoms with Crippen LogP contribution in [-0.4, -0.2) is 17.2 Å². The molecule has 0 amide bonds. The van der Waals surface area contributed by atoms with E-state index < -0.39 is 12.1 Å². The predicted octanol–water partition coefficient (Wildman–Crippen LogP) is 7.45. The van der Waals surface area contributed by atoms with Gasteiger partial charge in [-0.05, 0) is 12.8 Å². The third-order valence-electron chi connectivity index (χ3n) is 4.83. The molecule has 1 atom stereocenters. The fourth-order valence-electron chi connectivity index (χ4n) is 3.17. The van der Waals surface area contributed by atoms with Crippen molar-refractivity contribution in [2.24, 2.45) is 0 Å². The lowest BCUT2D eigenvalue weighted by molar-refractivity contribution is -0.143. The highest BCUT2D eigenvalue weighted by atomic mass is 19.1. The summed E-state index contributed by atoms with van der Waals surface area (Å²) >= 11 is 0. The normalized spacial score (nSPS) is 12.4. The third-order valence-corrected chi connectivity index (χ3v) is 4.83. The van der Waals surface area contributed by atoms with Gasteiger partial charge in [0.05, 0.1) is 0 Å². The zero-order chi connectivity index (χ0) is 17.9. The number of hydrogen-bond donors (Lipinski definition) is 1. The standard InChI is InChI=1S/C21H41FO2/c1-2-3-4-5-6-7-8-9-10-11-12-13-14-15-16-17-18-19-20(22)21(23)24/h20H,2-19H2,1H3,(H,23,24). The topological polar surface area (TPSA) is 37.3 Å². The SMILES string of the molecule is CCCCCCCCCCCCCCCCCCCC(F)C(=O)O. The average Bonchev–Trinajstić information content (AvgIpc) is 2.57. The van der Waals surface area contributed by atoms with E-state index in [9.17, 15) is 9.18 Å². The third kappa shape index (κ3) is 17.7. The summed E-state index contributed by atoms with van der Waals surface area (Å²) in [5, 5.41) is 8.44. The lowest BCUT2D eigenvalue weighted by atomic mass is 10.0. The smallest absolute Gasteiger partial charge is 0.338 e. The molecule has 1 unspecified atom stereocenters. The Bertz CT molecular complexity index is 269. The van der Waals surface area contributed by atoms with Gasteiger partial charge in [0.1, 0.15) is 0 Å². The number of carbonyl (C=O) groups is 1. The maximum Gasteiger partial charge on any atom is 0.338 e. The largest absolute Gasteiger partial charge is 0.479 e. The molecule has 0 rings (SSSR count). The molecule has 0 aliphatic rings. The van der Waals surface area contributed by atoms with Crippen molar-refractivity contribution < 1.29 is 14.3 Å². The maximum absolute atomic E-state index is 12.8. The van der Waals surface area contributed by atoms with E-state index in [1.165, 1.54) is 89.9 Å². The van der Waals surface area contributed by atoms with Crippen LogP contribution < -0.4 is 0 Å². The number of carboxylic acid groups (broad SMARTS) is 1. The van der Waals surface area contributed by atoms with Gasteiger partial charge in [-0.15, -0.1) is 0 Å². The van der Waals surface area contributed by atoms with Gasteiger partial charge in [-0.3, -0.25) is 0 Å². The van der Waals surface area contributed by atoms with Crippen LogP contribution in [0.1, 0.15) is 122 Å². The molecule has 1 N–H and O–H groups in total. The number of alkyl halides is 1. The minimum absolute atomic E-state index is 0.175. The van der Waals surface area contributed by atoms with Crippen LogP contribution in [-0.2, 0) is 4.79 Å². The minimum Gasteiger partial charge on any atom is -0.479 e. The van der Waals surface area contributed by atoms with Crippen molar-refractivity contribution in [1.29, 1.82) is 0 Å². The van der Waals surface area contributed by atoms with Gasteiger partial charge < -0.3 is 5.11 Å². The molecule has 0 radical (unpaired) electrons. The Labute approximate surface area is 149 Å². The Kier molecular flexibility index (Phi) is 18.3. The Morgan fingerprint density at radius 1 is 0.667 bits per heavy atom. The molecule has 0 fully saturated rings. The number of hydrogen-bond acceptors (Lipinski definition) is 1. The van der Waals surface area contributed by atoms with Crippen LogP contribution in [0, 0.1) is 0 Å². The van der Waals surface area contributed by atoms with Crippen LogP contribution in [0.15, 0.2) is 0 Å². The van der Waals surface area contributed by atoms with Crippen LogP contribution in [0.5, 0.6) is 0 Å². The molecular weight excluding hydrogens is 303 g/mol. The van der Waals surface area contributed by atoms with Crippen LogP contribution in [0.2, 0.25) is 0 Å². The quantitative estimate of drug-likeness (QED) is 0.247. The molecule has 0 aromatic heterocycles. The van der Waals surface area contributed by atoms with Gasteiger partial charge in [0.15, 0.2) is 6.17 Å². The highest BCUT2D eigenvalue weighted by molar-refractivity contribution is 5.71. The van der Waals surface area contributed by atoms with Gasteiger partial charge in [-0.1, -0.05) is 110 Å². The Hall–Kier alpha value is -0.600. The van der Waals surface area contributed by atoms with Crippen molar-refractivity contribution in [2.75, 3.05) is 0 Å². The molecule has 24 heavy (non-hydrogen) atoms. The molecule has 3 heteroatoms. The predicted molar refractivity (Wildman–Crippen MR) is 101 cm³/mol. The van der Waals surface area contributed by atoms with E-state index >= 15 is 0 Å². The van der Waals surface area contributed by atoms with E-state index in [1.54, 1.807) is 0 Å². The second kappa shape index (κ2) is 18.7. The van der Waals surface area contributed by atoms with Gasteiger partial charge in [0, 0.05) is 0 Å². The van der Waals surface area contributed by atoms with Crippen LogP contribution in [0.3, 0.4) is 0 Å². The maximum atomic E-state index is 12.8. The molecule has 0 saturated carbocycles. The molecule has 0 aliphatic heterocycles. The molecule has 0 heterocycles. The van der Waals surface area contributed by atoms with Gasteiger partial charge in [-0.2, -0.15) is 0 Å². The van der Waals surface area contributed by atoms with E-state index in [2.05, 4.69) is 6.92 Å². The Morgan fingerprint density at radius 2 is 0.958 bits per heavy atom. The molecule has 0 aliphatic carbocycles. The van der Waals surface area contributed by atoms with Crippen LogP contribution in [0.4, 0.5) is 4.39 Å². The van der Waals surface area contributed by atoms with E-state index in [-0.39, 0.29) is 6.42 Å². The first kappa shape index (κ1) is 23.4. The Balaban J connectivity index is 3.04. The summed E-state index contributed by atoms with van der Waals surface area (Å²) in [5.41, 5.74) is 0. The first-order valence-corrected chi connectivity index (χ1v) is 10.5. The van der Waals surface area contributed by atoms with Crippen molar-refractivity contribution in [3.63, 3.8) is 0 Å². The molecule has 144 valence electrons. The van der Waals surface area contributed by atoms with Crippen molar-refractivity contribution in [3.05, 3.63) is 0 Å². The summed E-state index contributed by atoms with van der Waals surface area (Å²) in [5.74, 6) is -1.31. The number of halogens is 1. The Morgan fingerprint density at radius 3 is 1.25 bits per heavy atom. The second-order valence-electron chi connectivity index (χ2n) is 7.25. The molecule has 2 nitrogen and oxygen atoms in total. The van der Waals surface area contributed by atoms with E-state index in [4.69, 9.17) is 5.11 Å². The van der Waals surface area contributed by atoms with Gasteiger partial charge in [0.2, 0.25) is 0 Å². The van der Waals surface area contributed by atoms with Crippen LogP contribution >= 0.6 is 0 Å². The van der Waals surface area contributed by atoms with Gasteiger partial charge in [-0.25, -0.2) is 9.18 Å². The average molecular weight is 345 g/mol. The minimum atomic E-state index is -1.67. The summed E-state index contributed by atoms with van der Waals surface area (Å²) in [7, 11) is 0. The number of rotatable bonds is 19. The van der Waals surface area contributed by atoms with Crippen molar-refractivity contribution in [1.82, 2.24) is 0 Å². The molecular formula is C21H41FO2. The van der Waals surface area contributed by atoms with Gasteiger partial charge in [0.25, 0.3) is 0 Å². The zero-order valence-electron chi connectivity index (χ0n) is 16.0. The second-order valence-corrected chi connectivity index (χ2v) is 7.25. The summed E-state index contributed by atoms with van der Waals surface area (Å²) in [6.07, 6.45) is 20.5. The van der Waals surface area contributed by atoms with Crippen LogP contribution in [0.25, 0.3) is 0 Å². The summed E-state index contributed by atoms with van der Waals surface area (Å²) in [6, 6.07) is 0. The molecule has 0 aromatic carbocycles. The fraction of sp³-hybridized carbons (Fsp3) is 0.952. The molecule has 0 saturated heterocycles. The summed E-state index contributed by atoms with van der Waals surface area (Å²) in [6.45, 7) is 2.27. The lowest BCUT2D eigenvalue weighted by Crippen LogP contribution is -2.13. The van der Waals surface area contributed by atoms with E-state index in [0.29, 0.717) is 6.42 Å². The number of carboxylic acids is 1.